The second kappa shape index (κ2) is 11.6. The van der Waals surface area contributed by atoms with Crippen LogP contribution in [0.1, 0.15) is 61.4 Å². The number of ether oxygens (including phenoxy) is 1. The van der Waals surface area contributed by atoms with Gasteiger partial charge in [-0.05, 0) is 93.1 Å². The second-order valence-corrected chi connectivity index (χ2v) is 9.47. The second-order valence-electron chi connectivity index (χ2n) is 9.47. The molecule has 2 aliphatic heterocycles. The van der Waals surface area contributed by atoms with Crippen LogP contribution in [0.2, 0.25) is 0 Å². The van der Waals surface area contributed by atoms with Gasteiger partial charge in [0.05, 0.1) is 30.3 Å². The molecule has 0 N–H and O–H groups in total. The molecular formula is C28H33FN2O4. The van der Waals surface area contributed by atoms with Crippen LogP contribution in [-0.4, -0.2) is 48.4 Å². The number of aryl methyl sites for hydroxylation is 1. The zero-order chi connectivity index (χ0) is 24.8. The average molecular weight is 481 g/mol. The summed E-state index contributed by atoms with van der Waals surface area (Å²) >= 11 is 0. The van der Waals surface area contributed by atoms with Crippen LogP contribution in [0.5, 0.6) is 0 Å². The van der Waals surface area contributed by atoms with Gasteiger partial charge in [0.15, 0.2) is 0 Å². The first-order valence-corrected chi connectivity index (χ1v) is 12.6. The Morgan fingerprint density at radius 3 is 2.37 bits per heavy atom. The van der Waals surface area contributed by atoms with E-state index in [0.29, 0.717) is 23.8 Å². The number of amides is 2. The maximum atomic E-state index is 13.2. The van der Waals surface area contributed by atoms with E-state index in [-0.39, 0.29) is 24.1 Å². The van der Waals surface area contributed by atoms with E-state index in [2.05, 4.69) is 4.90 Å². The third-order valence-electron chi connectivity index (χ3n) is 7.06. The molecule has 2 saturated heterocycles. The summed E-state index contributed by atoms with van der Waals surface area (Å²) in [5.41, 5.74) is 2.03. The molecule has 2 aliphatic rings. The summed E-state index contributed by atoms with van der Waals surface area (Å²) in [4.78, 5) is 41.4. The van der Waals surface area contributed by atoms with Crippen molar-refractivity contribution in [2.24, 2.45) is 5.92 Å². The number of nitrogens with zero attached hydrogens (tertiary/aromatic N) is 2. The number of unbranched alkanes of at least 4 members (excludes halogenated alkanes) is 1. The summed E-state index contributed by atoms with van der Waals surface area (Å²) in [6.07, 6.45) is 5.85. The lowest BCUT2D eigenvalue weighted by Gasteiger charge is -2.34. The van der Waals surface area contributed by atoms with Crippen molar-refractivity contribution in [3.8, 4) is 0 Å². The van der Waals surface area contributed by atoms with E-state index in [4.69, 9.17) is 4.74 Å². The first-order chi connectivity index (χ1) is 17.0. The van der Waals surface area contributed by atoms with Gasteiger partial charge in [-0.15, -0.1) is 0 Å². The summed E-state index contributed by atoms with van der Waals surface area (Å²) in [6.45, 7) is 3.98. The molecule has 35 heavy (non-hydrogen) atoms. The number of hydrogen-bond acceptors (Lipinski definition) is 5. The van der Waals surface area contributed by atoms with E-state index < -0.39 is 12.0 Å². The highest BCUT2D eigenvalue weighted by atomic mass is 19.1. The summed E-state index contributed by atoms with van der Waals surface area (Å²) in [7, 11) is 0. The lowest BCUT2D eigenvalue weighted by Crippen LogP contribution is -2.46. The normalized spacial score (nSPS) is 19.4. The van der Waals surface area contributed by atoms with E-state index in [1.807, 2.05) is 19.1 Å². The zero-order valence-corrected chi connectivity index (χ0v) is 20.2. The van der Waals surface area contributed by atoms with E-state index >= 15 is 0 Å². The minimum atomic E-state index is -0.431. The van der Waals surface area contributed by atoms with Gasteiger partial charge in [0, 0.05) is 0 Å². The standard InChI is InChI=1S/C28H33FN2O4/c1-2-3-18-35-28(34)22-8-12-24(13-9-22)31-26(32)19-25(27(31)33)30-16-14-21(15-17-30)5-4-20-6-10-23(29)11-7-20/h6-13,21,25H,2-5,14-19H2,1H3/t25-/m0/s1. The average Bonchev–Trinajstić information content (AvgIpc) is 3.17. The Labute approximate surface area is 206 Å². The molecule has 2 amide bonds. The fourth-order valence-corrected chi connectivity index (χ4v) is 4.89. The van der Waals surface area contributed by atoms with Crippen molar-refractivity contribution in [3.63, 3.8) is 0 Å². The molecule has 0 bridgehead atoms. The van der Waals surface area contributed by atoms with Crippen LogP contribution in [0.3, 0.4) is 0 Å². The van der Waals surface area contributed by atoms with Crippen molar-refractivity contribution in [1.82, 2.24) is 4.90 Å². The highest BCUT2D eigenvalue weighted by Gasteiger charge is 2.43. The SMILES string of the molecule is CCCCOC(=O)c1ccc(N2C(=O)C[C@H](N3CCC(CCc4ccc(F)cc4)CC3)C2=O)cc1. The molecule has 0 saturated carbocycles. The Morgan fingerprint density at radius 1 is 1.03 bits per heavy atom. The third kappa shape index (κ3) is 6.14. The number of rotatable bonds is 9. The van der Waals surface area contributed by atoms with E-state index in [1.54, 1.807) is 24.3 Å². The number of carbonyl (C=O) groups is 3. The van der Waals surface area contributed by atoms with Crippen molar-refractivity contribution in [1.29, 1.82) is 0 Å². The largest absolute Gasteiger partial charge is 0.462 e. The molecule has 0 aromatic heterocycles. The number of anilines is 1. The minimum absolute atomic E-state index is 0.180. The predicted molar refractivity (Wildman–Crippen MR) is 132 cm³/mol. The highest BCUT2D eigenvalue weighted by Crippen LogP contribution is 2.30. The molecule has 2 aromatic rings. The number of hydrogen-bond donors (Lipinski definition) is 0. The van der Waals surface area contributed by atoms with Gasteiger partial charge in [0.25, 0.3) is 5.91 Å². The molecule has 0 unspecified atom stereocenters. The molecule has 0 spiro atoms. The van der Waals surface area contributed by atoms with Crippen LogP contribution in [-0.2, 0) is 20.7 Å². The summed E-state index contributed by atoms with van der Waals surface area (Å²) in [5, 5.41) is 0. The number of imide groups is 1. The van der Waals surface area contributed by atoms with Gasteiger partial charge < -0.3 is 4.74 Å². The molecule has 4 rings (SSSR count). The smallest absolute Gasteiger partial charge is 0.338 e. The van der Waals surface area contributed by atoms with E-state index in [0.717, 1.165) is 57.2 Å². The Balaban J connectivity index is 1.29. The Hall–Kier alpha value is -3.06. The van der Waals surface area contributed by atoms with Gasteiger partial charge in [-0.3, -0.25) is 14.5 Å². The molecule has 0 aliphatic carbocycles. The van der Waals surface area contributed by atoms with Crippen LogP contribution >= 0.6 is 0 Å². The van der Waals surface area contributed by atoms with Gasteiger partial charge in [-0.25, -0.2) is 14.1 Å². The molecule has 1 atom stereocenters. The first kappa shape index (κ1) is 25.0. The number of carbonyl (C=O) groups excluding carboxylic acids is 3. The van der Waals surface area contributed by atoms with E-state index in [1.165, 1.54) is 17.0 Å². The molecule has 7 heteroatoms. The molecule has 2 fully saturated rings. The summed E-state index contributed by atoms with van der Waals surface area (Å²) in [5.74, 6) is -0.462. The molecule has 2 heterocycles. The Morgan fingerprint density at radius 2 is 1.71 bits per heavy atom. The third-order valence-corrected chi connectivity index (χ3v) is 7.06. The fraction of sp³-hybridized carbons (Fsp3) is 0.464. The lowest BCUT2D eigenvalue weighted by molar-refractivity contribution is -0.123. The van der Waals surface area contributed by atoms with Gasteiger partial charge >= 0.3 is 5.97 Å². The minimum Gasteiger partial charge on any atom is -0.462 e. The molecule has 2 aromatic carbocycles. The number of likely N-dealkylation sites (tertiary alicyclic amines) is 1. The van der Waals surface area contributed by atoms with Crippen LogP contribution in [0.4, 0.5) is 10.1 Å². The van der Waals surface area contributed by atoms with Gasteiger partial charge in [0.1, 0.15) is 5.82 Å². The lowest BCUT2D eigenvalue weighted by atomic mass is 9.90. The van der Waals surface area contributed by atoms with Crippen LogP contribution in [0.15, 0.2) is 48.5 Å². The Bertz CT molecular complexity index is 1030. The number of esters is 1. The van der Waals surface area contributed by atoms with E-state index in [9.17, 15) is 18.8 Å². The predicted octanol–water partition coefficient (Wildman–Crippen LogP) is 4.76. The van der Waals surface area contributed by atoms with Crippen molar-refractivity contribution in [2.75, 3.05) is 24.6 Å². The van der Waals surface area contributed by atoms with Crippen molar-refractivity contribution in [2.45, 2.75) is 57.9 Å². The fourth-order valence-electron chi connectivity index (χ4n) is 4.89. The quantitative estimate of drug-likeness (QED) is 0.294. The van der Waals surface area contributed by atoms with Crippen LogP contribution in [0.25, 0.3) is 0 Å². The summed E-state index contributed by atoms with van der Waals surface area (Å²) in [6, 6.07) is 12.7. The molecule has 6 nitrogen and oxygen atoms in total. The molecule has 0 radical (unpaired) electrons. The van der Waals surface area contributed by atoms with Gasteiger partial charge in [0.2, 0.25) is 5.91 Å². The first-order valence-electron chi connectivity index (χ1n) is 12.6. The summed E-state index contributed by atoms with van der Waals surface area (Å²) < 4.78 is 18.3. The maximum absolute atomic E-state index is 13.2. The van der Waals surface area contributed by atoms with Crippen molar-refractivity contribution < 1.29 is 23.5 Å². The van der Waals surface area contributed by atoms with Crippen molar-refractivity contribution in [3.05, 3.63) is 65.5 Å². The number of halogens is 1. The highest BCUT2D eigenvalue weighted by molar-refractivity contribution is 6.22. The molecule has 186 valence electrons. The van der Waals surface area contributed by atoms with Crippen LogP contribution in [0, 0.1) is 11.7 Å². The van der Waals surface area contributed by atoms with Crippen molar-refractivity contribution >= 4 is 23.5 Å². The zero-order valence-electron chi connectivity index (χ0n) is 20.2. The molecular weight excluding hydrogens is 447 g/mol. The van der Waals surface area contributed by atoms with Crippen LogP contribution < -0.4 is 4.90 Å². The monoisotopic (exact) mass is 480 g/mol. The number of benzene rings is 2. The topological polar surface area (TPSA) is 66.9 Å². The van der Waals surface area contributed by atoms with Gasteiger partial charge in [-0.1, -0.05) is 25.5 Å². The Kier molecular flexibility index (Phi) is 8.29. The maximum Gasteiger partial charge on any atom is 0.338 e. The van der Waals surface area contributed by atoms with Gasteiger partial charge in [-0.2, -0.15) is 0 Å². The number of piperidine rings is 1.